The van der Waals surface area contributed by atoms with Crippen molar-refractivity contribution in [2.24, 2.45) is 10.4 Å². The van der Waals surface area contributed by atoms with Gasteiger partial charge in [-0.05, 0) is 25.8 Å². The molecule has 0 bridgehead atoms. The summed E-state index contributed by atoms with van der Waals surface area (Å²) in [7, 11) is 0. The van der Waals surface area contributed by atoms with Crippen molar-refractivity contribution in [3.05, 3.63) is 23.9 Å². The molecule has 1 fully saturated rings. The average molecular weight is 404 g/mol. The standard InChI is InChI=1S/C18H27F3N4O3/c1-2-22-16(25-11-17(5-8-26)6-9-27-12-17)24-10-14-4-3-7-23-15(14)28-13-18(19,20)21/h3-4,7,26H,2,5-6,8-13H2,1H3,(H2,22,24,25). The first kappa shape index (κ1) is 22.2. The molecule has 10 heteroatoms. The lowest BCUT2D eigenvalue weighted by atomic mass is 9.84. The summed E-state index contributed by atoms with van der Waals surface area (Å²) in [6, 6.07) is 3.25. The number of rotatable bonds is 9. The lowest BCUT2D eigenvalue weighted by Gasteiger charge is -2.27. The van der Waals surface area contributed by atoms with Crippen LogP contribution in [0.4, 0.5) is 13.2 Å². The molecule has 1 aromatic heterocycles. The van der Waals surface area contributed by atoms with Crippen LogP contribution in [0.25, 0.3) is 0 Å². The Morgan fingerprint density at radius 2 is 2.25 bits per heavy atom. The van der Waals surface area contributed by atoms with Crippen LogP contribution in [0.15, 0.2) is 23.3 Å². The van der Waals surface area contributed by atoms with E-state index in [4.69, 9.17) is 9.47 Å². The van der Waals surface area contributed by atoms with Gasteiger partial charge in [-0.25, -0.2) is 9.98 Å². The number of aliphatic hydroxyl groups excluding tert-OH is 1. The predicted molar refractivity (Wildman–Crippen MR) is 98.2 cm³/mol. The minimum atomic E-state index is -4.43. The molecule has 1 aliphatic heterocycles. The van der Waals surface area contributed by atoms with E-state index in [1.54, 1.807) is 12.1 Å². The van der Waals surface area contributed by atoms with Gasteiger partial charge in [-0.2, -0.15) is 13.2 Å². The van der Waals surface area contributed by atoms with E-state index in [1.165, 1.54) is 6.20 Å². The van der Waals surface area contributed by atoms with Gasteiger partial charge in [0.2, 0.25) is 5.88 Å². The first-order valence-electron chi connectivity index (χ1n) is 9.22. The highest BCUT2D eigenvalue weighted by molar-refractivity contribution is 5.79. The van der Waals surface area contributed by atoms with Crippen molar-refractivity contribution in [3.63, 3.8) is 0 Å². The molecular formula is C18H27F3N4O3. The zero-order valence-electron chi connectivity index (χ0n) is 15.9. The number of aromatic nitrogens is 1. The van der Waals surface area contributed by atoms with Crippen LogP contribution >= 0.6 is 0 Å². The third-order valence-electron chi connectivity index (χ3n) is 4.43. The molecule has 1 aliphatic rings. The smallest absolute Gasteiger partial charge is 0.422 e. The largest absolute Gasteiger partial charge is 0.468 e. The fourth-order valence-corrected chi connectivity index (χ4v) is 2.91. The highest BCUT2D eigenvalue weighted by Gasteiger charge is 2.34. The number of nitrogens with zero attached hydrogens (tertiary/aromatic N) is 2. The van der Waals surface area contributed by atoms with E-state index in [0.717, 1.165) is 6.42 Å². The number of nitrogens with one attached hydrogen (secondary N) is 2. The van der Waals surface area contributed by atoms with E-state index in [9.17, 15) is 18.3 Å². The Hall–Kier alpha value is -2.07. The highest BCUT2D eigenvalue weighted by atomic mass is 19.4. The number of halogens is 3. The first-order chi connectivity index (χ1) is 13.4. The van der Waals surface area contributed by atoms with Gasteiger partial charge in [-0.1, -0.05) is 6.07 Å². The van der Waals surface area contributed by atoms with Crippen molar-refractivity contribution in [2.75, 3.05) is 39.5 Å². The second-order valence-electron chi connectivity index (χ2n) is 6.70. The Labute approximate surface area is 162 Å². The monoisotopic (exact) mass is 404 g/mol. The molecule has 1 atom stereocenters. The number of ether oxygens (including phenoxy) is 2. The van der Waals surface area contributed by atoms with Crippen LogP contribution in [0.2, 0.25) is 0 Å². The van der Waals surface area contributed by atoms with Gasteiger partial charge in [0.1, 0.15) is 0 Å². The number of hydrogen-bond donors (Lipinski definition) is 3. The van der Waals surface area contributed by atoms with Crippen LogP contribution in [-0.2, 0) is 11.3 Å². The van der Waals surface area contributed by atoms with Crippen LogP contribution in [0, 0.1) is 5.41 Å². The van der Waals surface area contributed by atoms with Gasteiger partial charge < -0.3 is 25.2 Å². The number of hydrogen-bond acceptors (Lipinski definition) is 5. The minimum Gasteiger partial charge on any atom is -0.468 e. The van der Waals surface area contributed by atoms with Crippen LogP contribution in [0.1, 0.15) is 25.3 Å². The van der Waals surface area contributed by atoms with Gasteiger partial charge in [0.25, 0.3) is 0 Å². The van der Waals surface area contributed by atoms with Gasteiger partial charge >= 0.3 is 6.18 Å². The van der Waals surface area contributed by atoms with E-state index in [0.29, 0.717) is 44.2 Å². The molecule has 3 N–H and O–H groups in total. The molecule has 0 aromatic carbocycles. The van der Waals surface area contributed by atoms with Crippen molar-refractivity contribution in [3.8, 4) is 5.88 Å². The highest BCUT2D eigenvalue weighted by Crippen LogP contribution is 2.31. The van der Waals surface area contributed by atoms with Crippen molar-refractivity contribution in [1.82, 2.24) is 15.6 Å². The Morgan fingerprint density at radius 3 is 2.89 bits per heavy atom. The molecule has 7 nitrogen and oxygen atoms in total. The molecule has 0 spiro atoms. The normalized spacial score (nSPS) is 20.2. The zero-order valence-corrected chi connectivity index (χ0v) is 15.9. The molecule has 2 rings (SSSR count). The maximum absolute atomic E-state index is 12.4. The third-order valence-corrected chi connectivity index (χ3v) is 4.43. The second kappa shape index (κ2) is 10.5. The number of aliphatic imine (C=N–C) groups is 1. The lowest BCUT2D eigenvalue weighted by molar-refractivity contribution is -0.154. The van der Waals surface area contributed by atoms with Gasteiger partial charge in [-0.3, -0.25) is 0 Å². The zero-order chi connectivity index (χ0) is 20.5. The quantitative estimate of drug-likeness (QED) is 0.430. The summed E-state index contributed by atoms with van der Waals surface area (Å²) < 4.78 is 47.5. The van der Waals surface area contributed by atoms with Crippen LogP contribution in [-0.4, -0.2) is 61.7 Å². The van der Waals surface area contributed by atoms with Crippen molar-refractivity contribution >= 4 is 5.96 Å². The molecule has 1 aromatic rings. The molecule has 1 saturated heterocycles. The maximum Gasteiger partial charge on any atom is 0.422 e. The Balaban J connectivity index is 2.02. The number of pyridine rings is 1. The average Bonchev–Trinajstić information content (AvgIpc) is 3.11. The number of aliphatic hydroxyl groups is 1. The van der Waals surface area contributed by atoms with Gasteiger partial charge in [0.15, 0.2) is 12.6 Å². The Bertz CT molecular complexity index is 635. The van der Waals surface area contributed by atoms with Crippen molar-refractivity contribution in [1.29, 1.82) is 0 Å². The summed E-state index contributed by atoms with van der Waals surface area (Å²) in [5.74, 6) is 0.442. The molecular weight excluding hydrogens is 377 g/mol. The summed E-state index contributed by atoms with van der Waals surface area (Å²) in [6.45, 7) is 3.13. The predicted octanol–water partition coefficient (Wildman–Crippen LogP) is 1.87. The molecule has 28 heavy (non-hydrogen) atoms. The van der Waals surface area contributed by atoms with Gasteiger partial charge in [0, 0.05) is 43.5 Å². The Kier molecular flexibility index (Phi) is 8.31. The fraction of sp³-hybridized carbons (Fsp3) is 0.667. The van der Waals surface area contributed by atoms with Crippen molar-refractivity contribution < 1.29 is 27.8 Å². The number of guanidine groups is 1. The SMILES string of the molecule is CCNC(=NCc1cccnc1OCC(F)(F)F)NCC1(CCO)CCOC1. The molecule has 0 amide bonds. The van der Waals surface area contributed by atoms with Gasteiger partial charge in [-0.15, -0.1) is 0 Å². The summed E-state index contributed by atoms with van der Waals surface area (Å²) in [5, 5.41) is 15.7. The van der Waals surface area contributed by atoms with E-state index in [2.05, 4.69) is 20.6 Å². The fourth-order valence-electron chi connectivity index (χ4n) is 2.91. The maximum atomic E-state index is 12.4. The van der Waals surface area contributed by atoms with Crippen molar-refractivity contribution in [2.45, 2.75) is 32.5 Å². The molecule has 2 heterocycles. The molecule has 0 aliphatic carbocycles. The molecule has 0 saturated carbocycles. The van der Waals surface area contributed by atoms with Crippen LogP contribution < -0.4 is 15.4 Å². The Morgan fingerprint density at radius 1 is 1.43 bits per heavy atom. The lowest BCUT2D eigenvalue weighted by Crippen LogP contribution is -2.44. The third kappa shape index (κ3) is 7.16. The van der Waals surface area contributed by atoms with E-state index in [1.807, 2.05) is 6.92 Å². The summed E-state index contributed by atoms with van der Waals surface area (Å²) in [4.78, 5) is 8.30. The summed E-state index contributed by atoms with van der Waals surface area (Å²) in [5.41, 5.74) is 0.304. The molecule has 1 unspecified atom stereocenters. The molecule has 0 radical (unpaired) electrons. The number of alkyl halides is 3. The molecule has 158 valence electrons. The van der Waals surface area contributed by atoms with Crippen LogP contribution in [0.3, 0.4) is 0 Å². The summed E-state index contributed by atoms with van der Waals surface area (Å²) in [6.07, 6.45) is -1.59. The second-order valence-corrected chi connectivity index (χ2v) is 6.70. The topological polar surface area (TPSA) is 88.0 Å². The van der Waals surface area contributed by atoms with E-state index in [-0.39, 0.29) is 24.4 Å². The summed E-state index contributed by atoms with van der Waals surface area (Å²) >= 11 is 0. The van der Waals surface area contributed by atoms with Gasteiger partial charge in [0.05, 0.1) is 13.2 Å². The minimum absolute atomic E-state index is 0.0777. The van der Waals surface area contributed by atoms with E-state index >= 15 is 0 Å². The van der Waals surface area contributed by atoms with Crippen LogP contribution in [0.5, 0.6) is 5.88 Å². The first-order valence-corrected chi connectivity index (χ1v) is 9.22. The van der Waals surface area contributed by atoms with E-state index < -0.39 is 12.8 Å².